The molecule has 2 nitrogen and oxygen atoms in total. The van der Waals surface area contributed by atoms with Crippen molar-refractivity contribution < 1.29 is 4.79 Å². The van der Waals surface area contributed by atoms with Crippen LogP contribution in [0.2, 0.25) is 0 Å². The van der Waals surface area contributed by atoms with Crippen LogP contribution < -0.4 is 5.32 Å². The van der Waals surface area contributed by atoms with E-state index in [2.05, 4.69) is 12.2 Å². The Hall–Kier alpha value is -0.860. The Labute approximate surface area is 104 Å². The van der Waals surface area contributed by atoms with Crippen LogP contribution in [-0.2, 0) is 0 Å². The molecule has 0 bridgehead atoms. The predicted octanol–water partition coefficient (Wildman–Crippen LogP) is 3.07. The topological polar surface area (TPSA) is 29.1 Å². The monoisotopic (exact) mass is 241 g/mol. The van der Waals surface area contributed by atoms with Crippen molar-refractivity contribution in [3.8, 4) is 0 Å². The Bertz CT molecular complexity index is 300. The van der Waals surface area contributed by atoms with Gasteiger partial charge in [-0.15, -0.1) is 12.4 Å². The molecule has 0 aromatic heterocycles. The molecule has 0 heterocycles. The van der Waals surface area contributed by atoms with Gasteiger partial charge >= 0.3 is 0 Å². The summed E-state index contributed by atoms with van der Waals surface area (Å²) < 4.78 is 0. The number of hydrogen-bond donors (Lipinski definition) is 1. The van der Waals surface area contributed by atoms with E-state index >= 15 is 0 Å². The third kappa shape index (κ3) is 4.33. The van der Waals surface area contributed by atoms with Crippen molar-refractivity contribution >= 4 is 18.2 Å². The number of nitrogens with one attached hydrogen (secondary N) is 1. The maximum absolute atomic E-state index is 12.0. The Morgan fingerprint density at radius 3 is 2.44 bits per heavy atom. The van der Waals surface area contributed by atoms with E-state index in [0.717, 1.165) is 24.8 Å². The first-order chi connectivity index (χ1) is 7.29. The Balaban J connectivity index is 0.00000225. The lowest BCUT2D eigenvalue weighted by Gasteiger charge is -2.14. The predicted molar refractivity (Wildman–Crippen MR) is 70.4 cm³/mol. The first kappa shape index (κ1) is 15.1. The van der Waals surface area contributed by atoms with Crippen molar-refractivity contribution in [3.63, 3.8) is 0 Å². The van der Waals surface area contributed by atoms with Crippen LogP contribution in [0.25, 0.3) is 0 Å². The third-order valence-electron chi connectivity index (χ3n) is 2.57. The van der Waals surface area contributed by atoms with E-state index in [4.69, 9.17) is 0 Å². The van der Waals surface area contributed by atoms with Gasteiger partial charge in [0.15, 0.2) is 5.78 Å². The van der Waals surface area contributed by atoms with Gasteiger partial charge in [-0.3, -0.25) is 4.79 Å². The quantitative estimate of drug-likeness (QED) is 0.776. The summed E-state index contributed by atoms with van der Waals surface area (Å²) in [6.45, 7) is 2.14. The van der Waals surface area contributed by atoms with E-state index in [-0.39, 0.29) is 24.2 Å². The number of Topliss-reactive ketones (excluding diaryl/α,β-unsaturated/α-hetero) is 1. The molecule has 0 spiro atoms. The first-order valence-electron chi connectivity index (χ1n) is 5.56. The highest BCUT2D eigenvalue weighted by Crippen LogP contribution is 2.08. The van der Waals surface area contributed by atoms with Gasteiger partial charge in [0.25, 0.3) is 0 Å². The fraction of sp³-hybridized carbons (Fsp3) is 0.462. The second-order valence-electron chi connectivity index (χ2n) is 3.71. The lowest BCUT2D eigenvalue weighted by molar-refractivity contribution is 0.0941. The van der Waals surface area contributed by atoms with Gasteiger partial charge < -0.3 is 5.32 Å². The maximum Gasteiger partial charge on any atom is 0.179 e. The molecule has 1 unspecified atom stereocenters. The molecular formula is C13H20ClNO. The Morgan fingerprint density at radius 2 is 1.94 bits per heavy atom. The van der Waals surface area contributed by atoms with Crippen LogP contribution in [0.15, 0.2) is 30.3 Å². The maximum atomic E-state index is 12.0. The van der Waals surface area contributed by atoms with Gasteiger partial charge in [-0.2, -0.15) is 0 Å². The van der Waals surface area contributed by atoms with E-state index in [1.807, 2.05) is 37.4 Å². The Morgan fingerprint density at radius 1 is 1.31 bits per heavy atom. The van der Waals surface area contributed by atoms with Crippen molar-refractivity contribution in [2.24, 2.45) is 0 Å². The highest BCUT2D eigenvalue weighted by atomic mass is 35.5. The minimum Gasteiger partial charge on any atom is -0.310 e. The van der Waals surface area contributed by atoms with Gasteiger partial charge in [0.2, 0.25) is 0 Å². The number of carbonyl (C=O) groups is 1. The fourth-order valence-corrected chi connectivity index (χ4v) is 1.62. The van der Waals surface area contributed by atoms with E-state index < -0.39 is 0 Å². The second-order valence-corrected chi connectivity index (χ2v) is 3.71. The SMILES string of the molecule is CCCCC(NC)C(=O)c1ccccc1.Cl. The van der Waals surface area contributed by atoms with Crippen molar-refractivity contribution in [2.75, 3.05) is 7.05 Å². The summed E-state index contributed by atoms with van der Waals surface area (Å²) in [6, 6.07) is 9.45. The molecule has 1 N–H and O–H groups in total. The minimum atomic E-state index is -0.0349. The summed E-state index contributed by atoms with van der Waals surface area (Å²) in [4.78, 5) is 12.0. The minimum absolute atomic E-state index is 0. The number of carbonyl (C=O) groups excluding carboxylic acids is 1. The summed E-state index contributed by atoms with van der Waals surface area (Å²) in [6.07, 6.45) is 3.13. The number of benzene rings is 1. The number of unbranched alkanes of at least 4 members (excludes halogenated alkanes) is 1. The van der Waals surface area contributed by atoms with Gasteiger partial charge in [0, 0.05) is 5.56 Å². The molecule has 0 saturated carbocycles. The lowest BCUT2D eigenvalue weighted by Crippen LogP contribution is -2.33. The number of likely N-dealkylation sites (N-methyl/N-ethyl adjacent to an activating group) is 1. The van der Waals surface area contributed by atoms with Gasteiger partial charge in [-0.25, -0.2) is 0 Å². The molecule has 3 heteroatoms. The van der Waals surface area contributed by atoms with Gasteiger partial charge in [0.05, 0.1) is 6.04 Å². The largest absolute Gasteiger partial charge is 0.310 e. The average molecular weight is 242 g/mol. The number of rotatable bonds is 6. The van der Waals surface area contributed by atoms with Gasteiger partial charge in [-0.05, 0) is 13.5 Å². The summed E-state index contributed by atoms with van der Waals surface area (Å²) in [5, 5.41) is 3.09. The van der Waals surface area contributed by atoms with Crippen LogP contribution in [-0.4, -0.2) is 18.9 Å². The van der Waals surface area contributed by atoms with Crippen LogP contribution in [0, 0.1) is 0 Å². The molecule has 0 saturated heterocycles. The zero-order chi connectivity index (χ0) is 11.1. The molecule has 1 aromatic carbocycles. The average Bonchev–Trinajstić information content (AvgIpc) is 2.31. The van der Waals surface area contributed by atoms with E-state index in [1.54, 1.807) is 0 Å². The summed E-state index contributed by atoms with van der Waals surface area (Å²) >= 11 is 0. The standard InChI is InChI=1S/C13H19NO.ClH/c1-3-4-10-12(14-2)13(15)11-8-6-5-7-9-11;/h5-9,12,14H,3-4,10H2,1-2H3;1H. The molecule has 0 aliphatic carbocycles. The molecule has 1 atom stereocenters. The molecule has 16 heavy (non-hydrogen) atoms. The zero-order valence-corrected chi connectivity index (χ0v) is 10.7. The Kier molecular flexibility index (Phi) is 7.86. The highest BCUT2D eigenvalue weighted by molar-refractivity contribution is 6.00. The molecule has 90 valence electrons. The van der Waals surface area contributed by atoms with Crippen molar-refractivity contribution in [1.29, 1.82) is 0 Å². The highest BCUT2D eigenvalue weighted by Gasteiger charge is 2.16. The van der Waals surface area contributed by atoms with Crippen LogP contribution in [0.3, 0.4) is 0 Å². The molecule has 0 fully saturated rings. The van der Waals surface area contributed by atoms with Crippen molar-refractivity contribution in [3.05, 3.63) is 35.9 Å². The van der Waals surface area contributed by atoms with Gasteiger partial charge in [0.1, 0.15) is 0 Å². The smallest absolute Gasteiger partial charge is 0.179 e. The van der Waals surface area contributed by atoms with Crippen molar-refractivity contribution in [1.82, 2.24) is 5.32 Å². The van der Waals surface area contributed by atoms with Crippen LogP contribution in [0.5, 0.6) is 0 Å². The van der Waals surface area contributed by atoms with Gasteiger partial charge in [-0.1, -0.05) is 50.1 Å². The molecule has 0 amide bonds. The summed E-state index contributed by atoms with van der Waals surface area (Å²) in [5.41, 5.74) is 0.799. The normalized spacial score (nSPS) is 11.6. The van der Waals surface area contributed by atoms with E-state index in [1.165, 1.54) is 0 Å². The lowest BCUT2D eigenvalue weighted by atomic mass is 10.00. The van der Waals surface area contributed by atoms with E-state index in [9.17, 15) is 4.79 Å². The summed E-state index contributed by atoms with van der Waals surface area (Å²) in [7, 11) is 1.85. The zero-order valence-electron chi connectivity index (χ0n) is 9.90. The first-order valence-corrected chi connectivity index (χ1v) is 5.56. The molecule has 1 rings (SSSR count). The summed E-state index contributed by atoms with van der Waals surface area (Å²) in [5.74, 6) is 0.201. The molecule has 0 aliphatic rings. The second kappa shape index (κ2) is 8.31. The number of halogens is 1. The number of ketones is 1. The van der Waals surface area contributed by atoms with Crippen LogP contribution >= 0.6 is 12.4 Å². The molecule has 0 radical (unpaired) electrons. The fourth-order valence-electron chi connectivity index (χ4n) is 1.62. The van der Waals surface area contributed by atoms with Crippen molar-refractivity contribution in [2.45, 2.75) is 32.2 Å². The molecule has 0 aliphatic heterocycles. The molecule has 1 aromatic rings. The van der Waals surface area contributed by atoms with E-state index in [0.29, 0.717) is 0 Å². The third-order valence-corrected chi connectivity index (χ3v) is 2.57. The molecular weight excluding hydrogens is 222 g/mol. The van der Waals surface area contributed by atoms with Crippen LogP contribution in [0.1, 0.15) is 36.5 Å². The number of hydrogen-bond acceptors (Lipinski definition) is 2. The van der Waals surface area contributed by atoms with Crippen LogP contribution in [0.4, 0.5) is 0 Å².